The van der Waals surface area contributed by atoms with Crippen LogP contribution in [0.15, 0.2) is 0 Å². The van der Waals surface area contributed by atoms with Crippen molar-refractivity contribution in [3.8, 4) is 0 Å². The molecule has 1 saturated carbocycles. The Morgan fingerprint density at radius 2 is 1.92 bits per heavy atom. The van der Waals surface area contributed by atoms with Gasteiger partial charge in [0.05, 0.1) is 37.9 Å². The summed E-state index contributed by atoms with van der Waals surface area (Å²) in [4.78, 5) is 16.1. The Bertz CT molecular complexity index is 439. The van der Waals surface area contributed by atoms with Crippen LogP contribution < -0.4 is 0 Å². The van der Waals surface area contributed by atoms with E-state index in [1.54, 1.807) is 19.0 Å². The molecule has 0 bridgehead atoms. The van der Waals surface area contributed by atoms with E-state index >= 15 is 0 Å². The van der Waals surface area contributed by atoms with Gasteiger partial charge in [-0.3, -0.25) is 9.69 Å². The van der Waals surface area contributed by atoms with Gasteiger partial charge < -0.3 is 19.5 Å². The highest BCUT2D eigenvalue weighted by Gasteiger charge is 2.38. The molecule has 3 fully saturated rings. The van der Waals surface area contributed by atoms with Crippen LogP contribution in [0.3, 0.4) is 0 Å². The summed E-state index contributed by atoms with van der Waals surface area (Å²) in [6.45, 7) is 2.61. The number of amides is 1. The van der Waals surface area contributed by atoms with E-state index in [1.807, 2.05) is 0 Å². The molecule has 0 aromatic heterocycles. The Kier molecular flexibility index (Phi) is 6.72. The molecule has 25 heavy (non-hydrogen) atoms. The van der Waals surface area contributed by atoms with E-state index in [9.17, 15) is 9.90 Å². The van der Waals surface area contributed by atoms with Crippen LogP contribution in [0.25, 0.3) is 0 Å². The predicted molar refractivity (Wildman–Crippen MR) is 95.4 cm³/mol. The minimum Gasteiger partial charge on any atom is -0.389 e. The summed E-state index contributed by atoms with van der Waals surface area (Å²) in [5.74, 6) is 0.870. The van der Waals surface area contributed by atoms with Crippen molar-refractivity contribution in [1.29, 1.82) is 0 Å². The Hall–Kier alpha value is -0.690. The third kappa shape index (κ3) is 5.16. The number of aliphatic hydroxyl groups is 1. The van der Waals surface area contributed by atoms with Crippen molar-refractivity contribution in [2.75, 3.05) is 40.4 Å². The first-order chi connectivity index (χ1) is 12.0. The number of carbonyl (C=O) groups excluding carboxylic acids is 1. The first-order valence-electron chi connectivity index (χ1n) is 9.88. The van der Waals surface area contributed by atoms with Crippen molar-refractivity contribution in [3.05, 3.63) is 0 Å². The van der Waals surface area contributed by atoms with E-state index in [2.05, 4.69) is 4.90 Å². The van der Waals surface area contributed by atoms with Gasteiger partial charge in [-0.25, -0.2) is 0 Å². The van der Waals surface area contributed by atoms with Gasteiger partial charge in [0.25, 0.3) is 0 Å². The third-order valence-electron chi connectivity index (χ3n) is 5.96. The zero-order chi connectivity index (χ0) is 17.8. The number of β-amino-alcohol motifs (C(OH)–C–C–N with tert-alkyl or cyclic N) is 1. The van der Waals surface area contributed by atoms with Crippen molar-refractivity contribution >= 4 is 5.91 Å². The van der Waals surface area contributed by atoms with Crippen molar-refractivity contribution in [3.63, 3.8) is 0 Å². The number of carbonyl (C=O) groups is 1. The van der Waals surface area contributed by atoms with Crippen molar-refractivity contribution in [2.45, 2.75) is 69.3 Å². The molecule has 2 heterocycles. The molecule has 0 radical (unpaired) electrons. The summed E-state index contributed by atoms with van der Waals surface area (Å²) in [7, 11) is 3.58. The SMILES string of the molecule is CN(C)C(=O)C[C@@H]1CC[C@@H]2[C@H](COC[C@H](O)CN2CC2CCCC2)O1. The lowest BCUT2D eigenvalue weighted by Crippen LogP contribution is -2.56. The molecule has 1 amide bonds. The van der Waals surface area contributed by atoms with Crippen LogP contribution in [-0.4, -0.2) is 85.6 Å². The number of rotatable bonds is 4. The molecule has 144 valence electrons. The van der Waals surface area contributed by atoms with Gasteiger partial charge in [-0.15, -0.1) is 0 Å². The molecule has 1 N–H and O–H groups in total. The summed E-state index contributed by atoms with van der Waals surface area (Å²) in [5.41, 5.74) is 0. The summed E-state index contributed by atoms with van der Waals surface area (Å²) >= 11 is 0. The maximum atomic E-state index is 12.0. The van der Waals surface area contributed by atoms with Gasteiger partial charge in [-0.05, 0) is 31.6 Å². The van der Waals surface area contributed by atoms with Crippen LogP contribution in [0.5, 0.6) is 0 Å². The van der Waals surface area contributed by atoms with E-state index in [0.29, 0.717) is 32.2 Å². The second-order valence-electron chi connectivity index (χ2n) is 8.23. The average molecular weight is 354 g/mol. The molecule has 0 aromatic carbocycles. The lowest BCUT2D eigenvalue weighted by molar-refractivity contribution is -0.160. The normalized spacial score (nSPS) is 35.0. The second kappa shape index (κ2) is 8.80. The summed E-state index contributed by atoms with van der Waals surface area (Å²) in [6.07, 6.45) is 7.21. The Morgan fingerprint density at radius 1 is 1.16 bits per heavy atom. The monoisotopic (exact) mass is 354 g/mol. The molecule has 4 atom stereocenters. The Balaban J connectivity index is 1.63. The number of hydrogen-bond donors (Lipinski definition) is 1. The molecule has 6 heteroatoms. The van der Waals surface area contributed by atoms with E-state index in [4.69, 9.17) is 9.47 Å². The van der Waals surface area contributed by atoms with E-state index in [1.165, 1.54) is 25.7 Å². The second-order valence-corrected chi connectivity index (χ2v) is 8.23. The number of nitrogens with zero attached hydrogens (tertiary/aromatic N) is 2. The Morgan fingerprint density at radius 3 is 2.64 bits per heavy atom. The van der Waals surface area contributed by atoms with Crippen molar-refractivity contribution in [1.82, 2.24) is 9.80 Å². The topological polar surface area (TPSA) is 62.2 Å². The fourth-order valence-corrected chi connectivity index (χ4v) is 4.56. The van der Waals surface area contributed by atoms with Crippen molar-refractivity contribution in [2.24, 2.45) is 5.92 Å². The third-order valence-corrected chi connectivity index (χ3v) is 5.96. The van der Waals surface area contributed by atoms with Crippen molar-refractivity contribution < 1.29 is 19.4 Å². The Labute approximate surface area is 151 Å². The first-order valence-corrected chi connectivity index (χ1v) is 9.88. The van der Waals surface area contributed by atoms with Crippen LogP contribution >= 0.6 is 0 Å². The first kappa shape index (κ1) is 19.1. The average Bonchev–Trinajstić information content (AvgIpc) is 3.06. The lowest BCUT2D eigenvalue weighted by Gasteiger charge is -2.45. The zero-order valence-electron chi connectivity index (χ0n) is 15.7. The molecule has 3 aliphatic rings. The molecular formula is C19H34N2O4. The molecule has 0 unspecified atom stereocenters. The van der Waals surface area contributed by atoms with E-state index in [0.717, 1.165) is 25.3 Å². The number of ether oxygens (including phenoxy) is 2. The molecule has 0 spiro atoms. The minimum absolute atomic E-state index is 0.00242. The van der Waals surface area contributed by atoms with Gasteiger partial charge in [-0.2, -0.15) is 0 Å². The van der Waals surface area contributed by atoms with Crippen LogP contribution in [0.2, 0.25) is 0 Å². The summed E-state index contributed by atoms with van der Waals surface area (Å²) in [5, 5.41) is 10.2. The molecule has 1 aliphatic carbocycles. The quantitative estimate of drug-likeness (QED) is 0.824. The fourth-order valence-electron chi connectivity index (χ4n) is 4.56. The molecule has 2 aliphatic heterocycles. The van der Waals surface area contributed by atoms with Gasteiger partial charge in [-0.1, -0.05) is 12.8 Å². The minimum atomic E-state index is -0.421. The molecular weight excluding hydrogens is 320 g/mol. The molecule has 0 aromatic rings. The van der Waals surface area contributed by atoms with Gasteiger partial charge in [0.1, 0.15) is 0 Å². The van der Waals surface area contributed by atoms with Gasteiger partial charge in [0, 0.05) is 33.2 Å². The smallest absolute Gasteiger partial charge is 0.224 e. The fraction of sp³-hybridized carbons (Fsp3) is 0.947. The number of fused-ring (bicyclic) bond motifs is 1. The summed E-state index contributed by atoms with van der Waals surface area (Å²) in [6, 6.07) is 0.293. The van der Waals surface area contributed by atoms with Gasteiger partial charge in [0.15, 0.2) is 0 Å². The van der Waals surface area contributed by atoms with Gasteiger partial charge >= 0.3 is 0 Å². The molecule has 2 saturated heterocycles. The molecule has 6 nitrogen and oxygen atoms in total. The van der Waals surface area contributed by atoms with E-state index in [-0.39, 0.29) is 18.1 Å². The lowest BCUT2D eigenvalue weighted by atomic mass is 9.93. The number of aliphatic hydroxyl groups excluding tert-OH is 1. The maximum Gasteiger partial charge on any atom is 0.224 e. The highest BCUT2D eigenvalue weighted by atomic mass is 16.5. The highest BCUT2D eigenvalue weighted by Crippen LogP contribution is 2.31. The van der Waals surface area contributed by atoms with Crippen LogP contribution in [0.1, 0.15) is 44.9 Å². The highest BCUT2D eigenvalue weighted by molar-refractivity contribution is 5.76. The van der Waals surface area contributed by atoms with Crippen LogP contribution in [-0.2, 0) is 14.3 Å². The van der Waals surface area contributed by atoms with E-state index < -0.39 is 6.10 Å². The summed E-state index contributed by atoms with van der Waals surface area (Å²) < 4.78 is 12.0. The molecule has 3 rings (SSSR count). The van der Waals surface area contributed by atoms with Crippen LogP contribution in [0, 0.1) is 5.92 Å². The largest absolute Gasteiger partial charge is 0.389 e. The maximum absolute atomic E-state index is 12.0. The predicted octanol–water partition coefficient (Wildman–Crippen LogP) is 1.26. The number of hydrogen-bond acceptors (Lipinski definition) is 5. The van der Waals surface area contributed by atoms with Gasteiger partial charge in [0.2, 0.25) is 5.91 Å². The zero-order valence-corrected chi connectivity index (χ0v) is 15.7. The standard InChI is InChI=1S/C19H34N2O4/c1-20(2)19(23)9-16-7-8-17-18(25-16)13-24-12-15(22)11-21(17)10-14-5-3-4-6-14/h14-18,22H,3-13H2,1-2H3/t15-,16+,17-,18+/m1/s1. The van der Waals surface area contributed by atoms with Crippen LogP contribution in [0.4, 0.5) is 0 Å².